The van der Waals surface area contributed by atoms with Crippen molar-refractivity contribution in [3.63, 3.8) is 0 Å². The number of nitrogens with one attached hydrogen (secondary N) is 1. The number of anilines is 1. The Labute approximate surface area is 192 Å². The molecule has 5 rings (SSSR count). The molecule has 0 bridgehead atoms. The van der Waals surface area contributed by atoms with Gasteiger partial charge < -0.3 is 20.4 Å². The van der Waals surface area contributed by atoms with Gasteiger partial charge in [-0.1, -0.05) is 0 Å². The Morgan fingerprint density at radius 1 is 1.30 bits per heavy atom. The van der Waals surface area contributed by atoms with Crippen molar-refractivity contribution in [1.29, 1.82) is 0 Å². The Morgan fingerprint density at radius 2 is 2.06 bits per heavy atom. The van der Waals surface area contributed by atoms with Gasteiger partial charge in [-0.25, -0.2) is 0 Å². The van der Waals surface area contributed by atoms with E-state index in [1.165, 1.54) is 0 Å². The lowest BCUT2D eigenvalue weighted by Crippen LogP contribution is -2.40. The minimum Gasteiger partial charge on any atom is -0.618 e. The summed E-state index contributed by atoms with van der Waals surface area (Å²) in [6, 6.07) is 9.00. The molecule has 8 nitrogen and oxygen atoms in total. The quantitative estimate of drug-likeness (QED) is 0.435. The number of ether oxygens (including phenoxy) is 1. The largest absolute Gasteiger partial charge is 0.618 e. The lowest BCUT2D eigenvalue weighted by atomic mass is 9.84. The van der Waals surface area contributed by atoms with Crippen molar-refractivity contribution >= 4 is 22.5 Å². The molecule has 1 aromatic carbocycles. The third kappa shape index (κ3) is 4.39. The van der Waals surface area contributed by atoms with Gasteiger partial charge in [-0.05, 0) is 64.5 Å². The maximum atomic E-state index is 13.0. The van der Waals surface area contributed by atoms with E-state index in [4.69, 9.17) is 9.84 Å². The second kappa shape index (κ2) is 8.33. The Balaban J connectivity index is 1.43. The predicted molar refractivity (Wildman–Crippen MR) is 124 cm³/mol. The van der Waals surface area contributed by atoms with E-state index in [0.29, 0.717) is 23.7 Å². The third-order valence-electron chi connectivity index (χ3n) is 6.78. The van der Waals surface area contributed by atoms with Gasteiger partial charge in [0.2, 0.25) is 0 Å². The van der Waals surface area contributed by atoms with Crippen LogP contribution in [0.25, 0.3) is 10.9 Å². The zero-order valence-corrected chi connectivity index (χ0v) is 19.1. The van der Waals surface area contributed by atoms with Gasteiger partial charge in [0.1, 0.15) is 5.75 Å². The molecule has 2 saturated carbocycles. The first-order valence-corrected chi connectivity index (χ1v) is 11.8. The highest BCUT2D eigenvalue weighted by Crippen LogP contribution is 2.38. The molecule has 8 heteroatoms. The Bertz CT molecular complexity index is 1190. The first kappa shape index (κ1) is 21.7. The number of hydrogen-bond acceptors (Lipinski definition) is 5. The summed E-state index contributed by atoms with van der Waals surface area (Å²) in [7, 11) is 0. The molecule has 3 aromatic rings. The summed E-state index contributed by atoms with van der Waals surface area (Å²) in [5.41, 5.74) is 1.42. The normalized spacial score (nSPS) is 22.9. The number of rotatable bonds is 6. The van der Waals surface area contributed by atoms with Gasteiger partial charge in [0.15, 0.2) is 5.69 Å². The summed E-state index contributed by atoms with van der Waals surface area (Å²) in [4.78, 5) is 13.0. The molecule has 2 N–H and O–H groups in total. The van der Waals surface area contributed by atoms with E-state index in [1.54, 1.807) is 18.2 Å². The number of nitrogens with zero attached hydrogens (tertiary/aromatic N) is 3. The average Bonchev–Trinajstić information content (AvgIpc) is 3.54. The van der Waals surface area contributed by atoms with Crippen LogP contribution in [-0.2, 0) is 0 Å². The molecule has 0 unspecified atom stereocenters. The lowest BCUT2D eigenvalue weighted by Gasteiger charge is -2.33. The molecule has 0 aliphatic heterocycles. The fourth-order valence-corrected chi connectivity index (χ4v) is 4.67. The van der Waals surface area contributed by atoms with E-state index in [0.717, 1.165) is 54.2 Å². The summed E-state index contributed by atoms with van der Waals surface area (Å²) in [5.74, 6) is 0.306. The number of benzene rings is 1. The highest BCUT2D eigenvalue weighted by molar-refractivity contribution is 6.04. The van der Waals surface area contributed by atoms with Gasteiger partial charge in [0, 0.05) is 35.7 Å². The number of hydrogen-bond donors (Lipinski definition) is 2. The fourth-order valence-electron chi connectivity index (χ4n) is 4.67. The molecule has 2 heterocycles. The SMILES string of the molecule is CCOc1cc2nn(C3CCC(C)(O)CC3)cc2cc1NC(=O)c1cccc(C2CC2)[n+]1[O-]. The lowest BCUT2D eigenvalue weighted by molar-refractivity contribution is -0.616. The number of amides is 1. The molecule has 2 aromatic heterocycles. The van der Waals surface area contributed by atoms with E-state index < -0.39 is 11.5 Å². The maximum Gasteiger partial charge on any atom is 0.321 e. The van der Waals surface area contributed by atoms with Gasteiger partial charge in [-0.3, -0.25) is 9.48 Å². The van der Waals surface area contributed by atoms with E-state index >= 15 is 0 Å². The Hall–Kier alpha value is -3.13. The summed E-state index contributed by atoms with van der Waals surface area (Å²) in [6.07, 6.45) is 7.17. The summed E-state index contributed by atoms with van der Waals surface area (Å²) in [5, 5.41) is 31.5. The molecule has 174 valence electrons. The second-order valence-electron chi connectivity index (χ2n) is 9.54. The second-order valence-corrected chi connectivity index (χ2v) is 9.54. The molecule has 2 aliphatic rings. The van der Waals surface area contributed by atoms with Crippen LogP contribution in [0, 0.1) is 5.21 Å². The van der Waals surface area contributed by atoms with E-state index in [1.807, 2.05) is 36.9 Å². The molecule has 0 spiro atoms. The van der Waals surface area contributed by atoms with Crippen LogP contribution in [0.5, 0.6) is 5.75 Å². The third-order valence-corrected chi connectivity index (χ3v) is 6.78. The molecule has 1 amide bonds. The number of fused-ring (bicyclic) bond motifs is 1. The first-order valence-electron chi connectivity index (χ1n) is 11.8. The monoisotopic (exact) mass is 450 g/mol. The van der Waals surface area contributed by atoms with Crippen LogP contribution in [-0.4, -0.2) is 33.0 Å². The van der Waals surface area contributed by atoms with Gasteiger partial charge in [0.25, 0.3) is 5.69 Å². The highest BCUT2D eigenvalue weighted by atomic mass is 16.5. The molecular weight excluding hydrogens is 420 g/mol. The molecule has 2 aliphatic carbocycles. The van der Waals surface area contributed by atoms with Crippen LogP contribution < -0.4 is 14.8 Å². The summed E-state index contributed by atoms with van der Waals surface area (Å²) in [6.45, 7) is 4.20. The van der Waals surface area contributed by atoms with Crippen molar-refractivity contribution in [2.24, 2.45) is 0 Å². The summed E-state index contributed by atoms with van der Waals surface area (Å²) < 4.78 is 8.50. The van der Waals surface area contributed by atoms with Crippen LogP contribution >= 0.6 is 0 Å². The van der Waals surface area contributed by atoms with Crippen LogP contribution in [0.3, 0.4) is 0 Å². The average molecular weight is 451 g/mol. The number of carbonyl (C=O) groups excluding carboxylic acids is 1. The molecule has 0 saturated heterocycles. The van der Waals surface area contributed by atoms with Crippen molar-refractivity contribution in [2.45, 2.75) is 69.9 Å². The zero-order valence-electron chi connectivity index (χ0n) is 19.1. The van der Waals surface area contributed by atoms with Gasteiger partial charge >= 0.3 is 5.91 Å². The van der Waals surface area contributed by atoms with Crippen LogP contribution in [0.15, 0.2) is 36.5 Å². The van der Waals surface area contributed by atoms with Crippen molar-refractivity contribution in [1.82, 2.24) is 9.78 Å². The number of aliphatic hydroxyl groups is 1. The van der Waals surface area contributed by atoms with Gasteiger partial charge in [0.05, 0.1) is 29.5 Å². The van der Waals surface area contributed by atoms with Crippen molar-refractivity contribution in [3.05, 3.63) is 53.1 Å². The van der Waals surface area contributed by atoms with Crippen molar-refractivity contribution < 1.29 is 19.4 Å². The number of pyridine rings is 1. The topological polar surface area (TPSA) is 103 Å². The molecule has 0 radical (unpaired) electrons. The molecular formula is C25H30N4O4. The Morgan fingerprint density at radius 3 is 2.76 bits per heavy atom. The molecule has 0 atom stereocenters. The predicted octanol–water partition coefficient (Wildman–Crippen LogP) is 4.06. The van der Waals surface area contributed by atoms with E-state index in [2.05, 4.69) is 5.32 Å². The molecule has 2 fully saturated rings. The van der Waals surface area contributed by atoms with Crippen molar-refractivity contribution in [3.8, 4) is 5.75 Å². The van der Waals surface area contributed by atoms with Gasteiger partial charge in [-0.15, -0.1) is 0 Å². The summed E-state index contributed by atoms with van der Waals surface area (Å²) >= 11 is 0. The van der Waals surface area contributed by atoms with Crippen LogP contribution in [0.1, 0.15) is 80.5 Å². The fraction of sp³-hybridized carbons (Fsp3) is 0.480. The standard InChI is InChI=1S/C25H30N4O4/c1-3-33-23-14-19-17(15-28(27-19)18-9-11-25(2,31)12-10-18)13-20(23)26-24(30)22-6-4-5-21(29(22)32)16-7-8-16/h4-6,13-16,18,31H,3,7-12H2,1-2H3,(H,26,30). The minimum atomic E-state index is -0.599. The van der Waals surface area contributed by atoms with E-state index in [9.17, 15) is 15.1 Å². The number of carbonyl (C=O) groups is 1. The van der Waals surface area contributed by atoms with E-state index in [-0.39, 0.29) is 17.7 Å². The smallest absolute Gasteiger partial charge is 0.321 e. The van der Waals surface area contributed by atoms with Gasteiger partial charge in [-0.2, -0.15) is 9.83 Å². The van der Waals surface area contributed by atoms with Crippen molar-refractivity contribution in [2.75, 3.05) is 11.9 Å². The zero-order chi connectivity index (χ0) is 23.2. The highest BCUT2D eigenvalue weighted by Gasteiger charge is 2.33. The Kier molecular flexibility index (Phi) is 5.48. The minimum absolute atomic E-state index is 0.0758. The number of aromatic nitrogens is 3. The molecule has 33 heavy (non-hydrogen) atoms. The van der Waals surface area contributed by atoms with Crippen LogP contribution in [0.4, 0.5) is 5.69 Å². The first-order chi connectivity index (χ1) is 15.8. The van der Waals surface area contributed by atoms with Crippen LogP contribution in [0.2, 0.25) is 0 Å². The maximum absolute atomic E-state index is 13.0.